The normalized spacial score (nSPS) is 23.7. The van der Waals surface area contributed by atoms with Crippen LogP contribution in [0.3, 0.4) is 0 Å². The van der Waals surface area contributed by atoms with Crippen molar-refractivity contribution in [1.82, 2.24) is 9.47 Å². The van der Waals surface area contributed by atoms with Crippen LogP contribution in [-0.4, -0.2) is 40.0 Å². The van der Waals surface area contributed by atoms with Crippen LogP contribution < -0.4 is 4.74 Å². The first-order valence-corrected chi connectivity index (χ1v) is 10.1. The molecule has 3 unspecified atom stereocenters. The fourth-order valence-electron chi connectivity index (χ4n) is 4.88. The number of carbonyl (C=O) groups is 2. The summed E-state index contributed by atoms with van der Waals surface area (Å²) in [4.78, 5) is 27.2. The Hall–Kier alpha value is -2.30. The van der Waals surface area contributed by atoms with Crippen molar-refractivity contribution in [1.29, 1.82) is 0 Å². The number of fused-ring (bicyclic) bond motifs is 2. The van der Waals surface area contributed by atoms with Gasteiger partial charge in [0.1, 0.15) is 5.75 Å². The van der Waals surface area contributed by atoms with Crippen LogP contribution in [0.5, 0.6) is 5.75 Å². The summed E-state index contributed by atoms with van der Waals surface area (Å²) < 4.78 is 7.67. The summed E-state index contributed by atoms with van der Waals surface area (Å²) in [5.41, 5.74) is 0.810. The lowest BCUT2D eigenvalue weighted by Crippen LogP contribution is -2.53. The summed E-state index contributed by atoms with van der Waals surface area (Å²) in [7, 11) is 0. The lowest BCUT2D eigenvalue weighted by molar-refractivity contribution is -0.144. The molecule has 1 aromatic carbocycles. The van der Waals surface area contributed by atoms with Crippen molar-refractivity contribution in [3.05, 3.63) is 30.5 Å². The number of hydrogen-bond acceptors (Lipinski definition) is 3. The number of likely N-dealkylation sites (tertiary alicyclic amines) is 1. The van der Waals surface area contributed by atoms with Crippen molar-refractivity contribution in [3.63, 3.8) is 0 Å². The molecule has 1 amide bonds. The first-order valence-electron chi connectivity index (χ1n) is 10.1. The van der Waals surface area contributed by atoms with Gasteiger partial charge in [0.15, 0.2) is 6.10 Å². The van der Waals surface area contributed by atoms with Crippen molar-refractivity contribution in [2.45, 2.75) is 64.5 Å². The van der Waals surface area contributed by atoms with Crippen LogP contribution in [0.4, 0.5) is 0 Å². The summed E-state index contributed by atoms with van der Waals surface area (Å²) in [6.07, 6.45) is 8.35. The zero-order valence-electron chi connectivity index (χ0n) is 16.2. The highest BCUT2D eigenvalue weighted by molar-refractivity contribution is 5.95. The number of piperidine rings is 1. The molecule has 1 saturated heterocycles. The van der Waals surface area contributed by atoms with E-state index in [9.17, 15) is 9.59 Å². The molecule has 1 aliphatic carbocycles. The van der Waals surface area contributed by atoms with Crippen LogP contribution in [0.2, 0.25) is 0 Å². The quantitative estimate of drug-likeness (QED) is 0.814. The number of para-hydroxylation sites is 1. The van der Waals surface area contributed by atoms with E-state index >= 15 is 0 Å². The Balaban J connectivity index is 1.55. The van der Waals surface area contributed by atoms with Gasteiger partial charge in [-0.15, -0.1) is 0 Å². The minimum atomic E-state index is -0.558. The van der Waals surface area contributed by atoms with Gasteiger partial charge in [0.2, 0.25) is 5.91 Å². The van der Waals surface area contributed by atoms with Gasteiger partial charge in [0, 0.05) is 24.9 Å². The van der Waals surface area contributed by atoms with Crippen LogP contribution in [0.1, 0.15) is 57.2 Å². The highest BCUT2D eigenvalue weighted by atomic mass is 16.5. The fourth-order valence-corrected chi connectivity index (χ4v) is 4.88. The monoisotopic (exact) mass is 368 g/mol. The average Bonchev–Trinajstić information content (AvgIpc) is 3.06. The molecular formula is C22H28N2O3. The molecule has 5 nitrogen and oxygen atoms in total. The third-order valence-corrected chi connectivity index (χ3v) is 6.19. The topological polar surface area (TPSA) is 51.5 Å². The molecule has 0 N–H and O–H groups in total. The second-order valence-electron chi connectivity index (χ2n) is 7.95. The number of benzene rings is 1. The second-order valence-corrected chi connectivity index (χ2v) is 7.95. The van der Waals surface area contributed by atoms with Gasteiger partial charge in [0.25, 0.3) is 5.91 Å². The maximum atomic E-state index is 13.2. The van der Waals surface area contributed by atoms with Crippen LogP contribution >= 0.6 is 0 Å². The minimum absolute atomic E-state index is 0.0684. The average molecular weight is 368 g/mol. The number of amides is 1. The first kappa shape index (κ1) is 18.1. The van der Waals surface area contributed by atoms with Gasteiger partial charge in [-0.3, -0.25) is 14.2 Å². The molecule has 0 spiro atoms. The van der Waals surface area contributed by atoms with E-state index in [-0.39, 0.29) is 11.8 Å². The number of aromatic nitrogens is 1. The molecule has 0 radical (unpaired) electrons. The lowest BCUT2D eigenvalue weighted by Gasteiger charge is -2.44. The molecule has 1 aliphatic heterocycles. The summed E-state index contributed by atoms with van der Waals surface area (Å²) in [5, 5.41) is 0.863. The summed E-state index contributed by atoms with van der Waals surface area (Å²) in [5.74, 6) is 1.26. The van der Waals surface area contributed by atoms with E-state index in [2.05, 4.69) is 4.90 Å². The van der Waals surface area contributed by atoms with Crippen molar-refractivity contribution in [2.24, 2.45) is 5.92 Å². The fraction of sp³-hybridized carbons (Fsp3) is 0.545. The second kappa shape index (κ2) is 7.37. The number of nitrogens with zero attached hydrogens (tertiary/aromatic N) is 2. The molecule has 144 valence electrons. The molecule has 5 heteroatoms. The van der Waals surface area contributed by atoms with Crippen LogP contribution in [0.15, 0.2) is 30.5 Å². The molecule has 3 atom stereocenters. The van der Waals surface area contributed by atoms with Gasteiger partial charge >= 0.3 is 0 Å². The van der Waals surface area contributed by atoms with Crippen LogP contribution in [0, 0.1) is 5.92 Å². The summed E-state index contributed by atoms with van der Waals surface area (Å²) in [6, 6.07) is 8.03. The lowest BCUT2D eigenvalue weighted by atomic mass is 9.78. The maximum absolute atomic E-state index is 13.2. The Morgan fingerprint density at radius 1 is 1.11 bits per heavy atom. The minimum Gasteiger partial charge on any atom is -0.479 e. The summed E-state index contributed by atoms with van der Waals surface area (Å²) in [6.45, 7) is 4.19. The zero-order chi connectivity index (χ0) is 19.0. The standard InChI is InChI=1S/C22H28N2O3/c1-15(22(26)23-13-7-9-17-8-3-5-11-19(17)23)27-21-14-24(16(2)25)20-12-6-4-10-18(20)21/h4,6,10,12,14-15,17,19H,3,5,7-9,11,13H2,1-2H3. The van der Waals surface area contributed by atoms with E-state index in [0.29, 0.717) is 17.7 Å². The highest BCUT2D eigenvalue weighted by Crippen LogP contribution is 2.36. The molecule has 2 aromatic rings. The molecule has 2 heterocycles. The van der Waals surface area contributed by atoms with Gasteiger partial charge in [-0.05, 0) is 50.7 Å². The van der Waals surface area contributed by atoms with Crippen molar-refractivity contribution >= 4 is 22.7 Å². The molecule has 2 aliphatic rings. The van der Waals surface area contributed by atoms with Gasteiger partial charge in [-0.2, -0.15) is 0 Å². The Kier molecular flexibility index (Phi) is 4.94. The Morgan fingerprint density at radius 2 is 1.85 bits per heavy atom. The molecule has 1 aromatic heterocycles. The predicted molar refractivity (Wildman–Crippen MR) is 105 cm³/mol. The highest BCUT2D eigenvalue weighted by Gasteiger charge is 2.37. The third kappa shape index (κ3) is 3.35. The van der Waals surface area contributed by atoms with Crippen molar-refractivity contribution in [3.8, 4) is 5.75 Å². The van der Waals surface area contributed by atoms with Crippen LogP contribution in [-0.2, 0) is 4.79 Å². The largest absolute Gasteiger partial charge is 0.479 e. The molecule has 0 bridgehead atoms. The number of rotatable bonds is 3. The number of carbonyl (C=O) groups excluding carboxylic acids is 2. The van der Waals surface area contributed by atoms with Crippen LogP contribution in [0.25, 0.3) is 10.9 Å². The van der Waals surface area contributed by atoms with E-state index in [1.54, 1.807) is 10.8 Å². The van der Waals surface area contributed by atoms with Crippen molar-refractivity contribution < 1.29 is 14.3 Å². The van der Waals surface area contributed by atoms with Gasteiger partial charge in [-0.1, -0.05) is 25.0 Å². The summed E-state index contributed by atoms with van der Waals surface area (Å²) >= 11 is 0. The van der Waals surface area contributed by atoms with Crippen molar-refractivity contribution in [2.75, 3.05) is 6.54 Å². The molecule has 1 saturated carbocycles. The van der Waals surface area contributed by atoms with Gasteiger partial charge in [0.05, 0.1) is 11.7 Å². The van der Waals surface area contributed by atoms with E-state index in [0.717, 1.165) is 30.3 Å². The molecule has 4 rings (SSSR count). The number of ether oxygens (including phenoxy) is 1. The predicted octanol–water partition coefficient (Wildman–Crippen LogP) is 4.25. The number of hydrogen-bond donors (Lipinski definition) is 0. The maximum Gasteiger partial charge on any atom is 0.263 e. The molecular weight excluding hydrogens is 340 g/mol. The van der Waals surface area contributed by atoms with E-state index in [1.807, 2.05) is 31.2 Å². The zero-order valence-corrected chi connectivity index (χ0v) is 16.2. The Bertz CT molecular complexity index is 854. The van der Waals surface area contributed by atoms with Gasteiger partial charge in [-0.25, -0.2) is 0 Å². The van der Waals surface area contributed by atoms with E-state index in [4.69, 9.17) is 4.74 Å². The third-order valence-electron chi connectivity index (χ3n) is 6.19. The Morgan fingerprint density at radius 3 is 2.67 bits per heavy atom. The van der Waals surface area contributed by atoms with E-state index < -0.39 is 6.10 Å². The molecule has 27 heavy (non-hydrogen) atoms. The first-order chi connectivity index (χ1) is 13.1. The Labute approximate surface area is 160 Å². The SMILES string of the molecule is CC(=O)n1cc(OC(C)C(=O)N2CCCC3CCCCC32)c2ccccc21. The van der Waals surface area contributed by atoms with Gasteiger partial charge < -0.3 is 9.64 Å². The van der Waals surface area contributed by atoms with E-state index in [1.165, 1.54) is 32.6 Å². The smallest absolute Gasteiger partial charge is 0.263 e. The molecule has 2 fully saturated rings.